The summed E-state index contributed by atoms with van der Waals surface area (Å²) < 4.78 is 26.3. The van der Waals surface area contributed by atoms with Crippen LogP contribution in [0.4, 0.5) is 0 Å². The van der Waals surface area contributed by atoms with E-state index in [0.717, 1.165) is 12.8 Å². The van der Waals surface area contributed by atoms with Gasteiger partial charge in [-0.1, -0.05) is 13.8 Å². The van der Waals surface area contributed by atoms with Gasteiger partial charge in [-0.3, -0.25) is 4.18 Å². The zero-order chi connectivity index (χ0) is 9.61. The smallest absolute Gasteiger partial charge is 0.267 e. The molecule has 0 unspecified atom stereocenters. The van der Waals surface area contributed by atoms with Crippen LogP contribution < -0.4 is 0 Å². The fraction of sp³-hybridized carbons (Fsp3) is 1.00. The Bertz CT molecular complexity index is 194. The first-order valence-corrected chi connectivity index (χ1v) is 5.92. The van der Waals surface area contributed by atoms with Gasteiger partial charge in [0.2, 0.25) is 0 Å². The lowest BCUT2D eigenvalue weighted by Gasteiger charge is -2.04. The average Bonchev–Trinajstić information content (AvgIpc) is 1.98. The monoisotopic (exact) mass is 194 g/mol. The van der Waals surface area contributed by atoms with Crippen molar-refractivity contribution in [1.29, 1.82) is 0 Å². The first-order valence-electron chi connectivity index (χ1n) is 4.35. The average molecular weight is 194 g/mol. The third-order valence-corrected chi connectivity index (χ3v) is 2.78. The number of hydrogen-bond donors (Lipinski definition) is 0. The first kappa shape index (κ1) is 11.9. The van der Waals surface area contributed by atoms with Crippen molar-refractivity contribution in [2.45, 2.75) is 33.6 Å². The second kappa shape index (κ2) is 5.54. The van der Waals surface area contributed by atoms with Crippen molar-refractivity contribution in [2.24, 2.45) is 5.92 Å². The van der Waals surface area contributed by atoms with Crippen molar-refractivity contribution in [3.05, 3.63) is 0 Å². The quantitative estimate of drug-likeness (QED) is 0.478. The molecule has 0 amide bonds. The molecule has 0 radical (unpaired) electrons. The molecule has 0 N–H and O–H groups in total. The van der Waals surface area contributed by atoms with Crippen molar-refractivity contribution in [3.8, 4) is 0 Å². The van der Waals surface area contributed by atoms with Crippen LogP contribution in [0.5, 0.6) is 0 Å². The maximum atomic E-state index is 10.8. The van der Waals surface area contributed by atoms with E-state index in [1.807, 2.05) is 0 Å². The van der Waals surface area contributed by atoms with Gasteiger partial charge < -0.3 is 0 Å². The Balaban J connectivity index is 3.45. The van der Waals surface area contributed by atoms with Crippen LogP contribution in [-0.4, -0.2) is 20.8 Å². The molecule has 12 heavy (non-hydrogen) atoms. The Labute approximate surface area is 75.2 Å². The van der Waals surface area contributed by atoms with E-state index in [-0.39, 0.29) is 5.75 Å². The summed E-state index contributed by atoms with van der Waals surface area (Å²) in [5, 5.41) is 0. The molecular weight excluding hydrogens is 176 g/mol. The normalized spacial score (nSPS) is 12.3. The van der Waals surface area contributed by atoms with E-state index < -0.39 is 10.1 Å². The van der Waals surface area contributed by atoms with E-state index in [9.17, 15) is 8.42 Å². The third-order valence-electron chi connectivity index (χ3n) is 1.54. The summed E-state index contributed by atoms with van der Waals surface area (Å²) >= 11 is 0. The lowest BCUT2D eigenvalue weighted by Crippen LogP contribution is -2.09. The van der Waals surface area contributed by atoms with Crippen LogP contribution in [0.1, 0.15) is 33.6 Å². The van der Waals surface area contributed by atoms with Gasteiger partial charge in [-0.15, -0.1) is 0 Å². The Morgan fingerprint density at radius 2 is 1.92 bits per heavy atom. The molecule has 0 aromatic carbocycles. The molecule has 0 saturated carbocycles. The molecule has 3 nitrogen and oxygen atoms in total. The van der Waals surface area contributed by atoms with Gasteiger partial charge in [0.1, 0.15) is 0 Å². The van der Waals surface area contributed by atoms with Gasteiger partial charge in [0.25, 0.3) is 10.1 Å². The highest BCUT2D eigenvalue weighted by molar-refractivity contribution is 7.86. The molecule has 0 spiro atoms. The van der Waals surface area contributed by atoms with Crippen molar-refractivity contribution in [3.63, 3.8) is 0 Å². The predicted octanol–water partition coefficient (Wildman–Crippen LogP) is 1.79. The standard InChI is InChI=1S/C8H18O3S/c1-4-12(9,10)11-7-5-6-8(2)3/h8H,4-7H2,1-3H3. The van der Waals surface area contributed by atoms with Crippen LogP contribution in [0.15, 0.2) is 0 Å². The molecule has 0 aromatic rings. The van der Waals surface area contributed by atoms with Gasteiger partial charge in [-0.2, -0.15) is 8.42 Å². The molecule has 0 aliphatic rings. The minimum Gasteiger partial charge on any atom is -0.270 e. The number of rotatable bonds is 6. The molecule has 74 valence electrons. The fourth-order valence-electron chi connectivity index (χ4n) is 0.761. The lowest BCUT2D eigenvalue weighted by atomic mass is 10.1. The van der Waals surface area contributed by atoms with Crippen LogP contribution in [0.25, 0.3) is 0 Å². The summed E-state index contributed by atoms with van der Waals surface area (Å²) in [4.78, 5) is 0. The minimum absolute atomic E-state index is 0.0642. The molecule has 0 aromatic heterocycles. The van der Waals surface area contributed by atoms with Crippen LogP contribution in [0, 0.1) is 5.92 Å². The highest BCUT2D eigenvalue weighted by atomic mass is 32.2. The van der Waals surface area contributed by atoms with E-state index in [2.05, 4.69) is 13.8 Å². The molecule has 0 aliphatic carbocycles. The van der Waals surface area contributed by atoms with Gasteiger partial charge >= 0.3 is 0 Å². The van der Waals surface area contributed by atoms with Gasteiger partial charge in [-0.25, -0.2) is 0 Å². The summed E-state index contributed by atoms with van der Waals surface area (Å²) in [6.07, 6.45) is 1.83. The van der Waals surface area contributed by atoms with E-state index in [4.69, 9.17) is 4.18 Å². The zero-order valence-electron chi connectivity index (χ0n) is 8.04. The van der Waals surface area contributed by atoms with E-state index in [1.54, 1.807) is 6.92 Å². The summed E-state index contributed by atoms with van der Waals surface area (Å²) in [5.74, 6) is 0.673. The van der Waals surface area contributed by atoms with Gasteiger partial charge in [-0.05, 0) is 25.7 Å². The Morgan fingerprint density at radius 1 is 1.33 bits per heavy atom. The lowest BCUT2D eigenvalue weighted by molar-refractivity contribution is 0.300. The van der Waals surface area contributed by atoms with Gasteiger partial charge in [0.15, 0.2) is 0 Å². The largest absolute Gasteiger partial charge is 0.270 e. The topological polar surface area (TPSA) is 43.4 Å². The highest BCUT2D eigenvalue weighted by Crippen LogP contribution is 2.04. The summed E-state index contributed by atoms with van der Waals surface area (Å²) in [7, 11) is -3.22. The number of hydrogen-bond acceptors (Lipinski definition) is 3. The zero-order valence-corrected chi connectivity index (χ0v) is 8.86. The molecule has 0 saturated heterocycles. The highest BCUT2D eigenvalue weighted by Gasteiger charge is 2.06. The van der Waals surface area contributed by atoms with Crippen molar-refractivity contribution in [1.82, 2.24) is 0 Å². The summed E-state index contributed by atoms with van der Waals surface area (Å²) in [6.45, 7) is 6.12. The van der Waals surface area contributed by atoms with Crippen LogP contribution in [-0.2, 0) is 14.3 Å². The Hall–Kier alpha value is -0.0900. The molecule has 0 heterocycles. The first-order chi connectivity index (χ1) is 5.48. The van der Waals surface area contributed by atoms with Crippen molar-refractivity contribution in [2.75, 3.05) is 12.4 Å². The molecule has 0 aliphatic heterocycles. The fourth-order valence-corrected chi connectivity index (χ4v) is 1.30. The Morgan fingerprint density at radius 3 is 2.33 bits per heavy atom. The molecule has 4 heteroatoms. The summed E-state index contributed by atoms with van der Waals surface area (Å²) in [5.41, 5.74) is 0. The molecule has 0 atom stereocenters. The second-order valence-corrected chi connectivity index (χ2v) is 5.13. The van der Waals surface area contributed by atoms with Gasteiger partial charge in [0.05, 0.1) is 12.4 Å². The maximum Gasteiger partial charge on any atom is 0.267 e. The predicted molar refractivity (Wildman–Crippen MR) is 49.5 cm³/mol. The van der Waals surface area contributed by atoms with Crippen LogP contribution in [0.3, 0.4) is 0 Å². The minimum atomic E-state index is -3.22. The van der Waals surface area contributed by atoms with Crippen molar-refractivity contribution < 1.29 is 12.6 Å². The van der Waals surface area contributed by atoms with Crippen LogP contribution >= 0.6 is 0 Å². The Kier molecular flexibility index (Phi) is 5.50. The third kappa shape index (κ3) is 6.61. The van der Waals surface area contributed by atoms with E-state index in [1.165, 1.54) is 0 Å². The molecule has 0 rings (SSSR count). The molecule has 0 bridgehead atoms. The van der Waals surface area contributed by atoms with Crippen LogP contribution in [0.2, 0.25) is 0 Å². The SMILES string of the molecule is CCS(=O)(=O)OCCCC(C)C. The second-order valence-electron chi connectivity index (χ2n) is 3.20. The van der Waals surface area contributed by atoms with E-state index >= 15 is 0 Å². The van der Waals surface area contributed by atoms with Gasteiger partial charge in [0, 0.05) is 0 Å². The van der Waals surface area contributed by atoms with E-state index in [0.29, 0.717) is 12.5 Å². The molecule has 0 fully saturated rings. The maximum absolute atomic E-state index is 10.8. The van der Waals surface area contributed by atoms with Crippen molar-refractivity contribution >= 4 is 10.1 Å². The summed E-state index contributed by atoms with van der Waals surface area (Å²) in [6, 6.07) is 0. The molecular formula is C8H18O3S.